The van der Waals surface area contributed by atoms with E-state index in [1.54, 1.807) is 6.07 Å². The molecule has 1 aliphatic rings. The van der Waals surface area contributed by atoms with Crippen molar-refractivity contribution >= 4 is 33.5 Å². The van der Waals surface area contributed by atoms with Crippen LogP contribution in [0.2, 0.25) is 0 Å². The van der Waals surface area contributed by atoms with Crippen molar-refractivity contribution in [1.82, 2.24) is 0 Å². The molecule has 1 saturated carbocycles. The lowest BCUT2D eigenvalue weighted by Crippen LogP contribution is -2.31. The molecule has 102 valence electrons. The molecule has 1 fully saturated rings. The van der Waals surface area contributed by atoms with Crippen LogP contribution in [0.4, 0.5) is 5.69 Å². The highest BCUT2D eigenvalue weighted by molar-refractivity contribution is 9.10. The largest absolute Gasteiger partial charge is 0.481 e. The number of nitrogens with zero attached hydrogens (tertiary/aromatic N) is 1. The van der Waals surface area contributed by atoms with Crippen LogP contribution in [0.1, 0.15) is 29.6 Å². The second-order valence-corrected chi connectivity index (χ2v) is 5.42. The maximum Gasteiger partial charge on any atom is 0.305 e. The minimum absolute atomic E-state index is 0.0429. The van der Waals surface area contributed by atoms with E-state index in [1.165, 1.54) is 0 Å². The number of aliphatic carboxylic acids is 1. The van der Waals surface area contributed by atoms with Crippen LogP contribution >= 0.6 is 15.9 Å². The van der Waals surface area contributed by atoms with Crippen molar-refractivity contribution in [2.45, 2.75) is 25.3 Å². The van der Waals surface area contributed by atoms with E-state index in [0.717, 1.165) is 12.8 Å². The second kappa shape index (κ2) is 5.61. The smallest absolute Gasteiger partial charge is 0.305 e. The molecule has 0 aromatic heterocycles. The average molecular weight is 327 g/mol. The van der Waals surface area contributed by atoms with Crippen molar-refractivity contribution < 1.29 is 14.7 Å². The highest BCUT2D eigenvalue weighted by Crippen LogP contribution is 2.36. The van der Waals surface area contributed by atoms with E-state index in [0.29, 0.717) is 28.3 Å². The highest BCUT2D eigenvalue weighted by Gasteiger charge is 2.31. The molecule has 0 radical (unpaired) electrons. The Kier molecular flexibility index (Phi) is 4.09. The van der Waals surface area contributed by atoms with Gasteiger partial charge in [-0.1, -0.05) is 6.07 Å². The summed E-state index contributed by atoms with van der Waals surface area (Å²) in [5, 5.41) is 8.82. The average Bonchev–Trinajstić information content (AvgIpc) is 3.12. The Bertz CT molecular complexity index is 515. The van der Waals surface area contributed by atoms with E-state index in [4.69, 9.17) is 10.8 Å². The van der Waals surface area contributed by atoms with Gasteiger partial charge in [-0.05, 0) is 40.9 Å². The van der Waals surface area contributed by atoms with Gasteiger partial charge in [0.15, 0.2) is 0 Å². The van der Waals surface area contributed by atoms with Gasteiger partial charge in [0.05, 0.1) is 17.7 Å². The summed E-state index contributed by atoms with van der Waals surface area (Å²) < 4.78 is 0.637. The van der Waals surface area contributed by atoms with Gasteiger partial charge in [-0.2, -0.15) is 0 Å². The molecule has 0 atom stereocenters. The number of nitrogens with two attached hydrogens (primary N) is 1. The van der Waals surface area contributed by atoms with Crippen molar-refractivity contribution in [3.63, 3.8) is 0 Å². The summed E-state index contributed by atoms with van der Waals surface area (Å²) in [7, 11) is 0. The van der Waals surface area contributed by atoms with Gasteiger partial charge in [0.2, 0.25) is 0 Å². The van der Waals surface area contributed by atoms with E-state index in [1.807, 2.05) is 17.0 Å². The maximum atomic E-state index is 11.6. The molecule has 1 aromatic carbocycles. The predicted molar refractivity (Wildman–Crippen MR) is 75.3 cm³/mol. The summed E-state index contributed by atoms with van der Waals surface area (Å²) in [4.78, 5) is 24.3. The molecule has 0 saturated heterocycles. The van der Waals surface area contributed by atoms with Gasteiger partial charge in [0.25, 0.3) is 5.91 Å². The Labute approximate surface area is 119 Å². The number of anilines is 1. The molecule has 2 rings (SSSR count). The third kappa shape index (κ3) is 3.26. The number of rotatable bonds is 6. The van der Waals surface area contributed by atoms with Crippen LogP contribution in [0.3, 0.4) is 0 Å². The Balaban J connectivity index is 2.33. The summed E-state index contributed by atoms with van der Waals surface area (Å²) in [5.41, 5.74) is 6.55. The molecule has 1 aliphatic carbocycles. The minimum Gasteiger partial charge on any atom is -0.481 e. The SMILES string of the molecule is NC(=O)c1c(Br)cccc1N(CCC(=O)O)C1CC1. The normalized spacial score (nSPS) is 14.2. The van der Waals surface area contributed by atoms with Gasteiger partial charge in [-0.15, -0.1) is 0 Å². The highest BCUT2D eigenvalue weighted by atomic mass is 79.9. The summed E-state index contributed by atoms with van der Waals surface area (Å²) in [5.74, 6) is -1.36. The molecule has 0 bridgehead atoms. The fraction of sp³-hybridized carbons (Fsp3) is 0.385. The molecule has 3 N–H and O–H groups in total. The molecular weight excluding hydrogens is 312 g/mol. The number of carbonyl (C=O) groups excluding carboxylic acids is 1. The standard InChI is InChI=1S/C13H15BrN2O3/c14-9-2-1-3-10(12(9)13(15)19)16(8-4-5-8)7-6-11(17)18/h1-3,8H,4-7H2,(H2,15,19)(H,17,18). The third-order valence-corrected chi connectivity index (χ3v) is 3.76. The van der Waals surface area contributed by atoms with Crippen LogP contribution in [0.5, 0.6) is 0 Å². The van der Waals surface area contributed by atoms with Crippen LogP contribution < -0.4 is 10.6 Å². The molecule has 19 heavy (non-hydrogen) atoms. The number of hydrogen-bond acceptors (Lipinski definition) is 3. The van der Waals surface area contributed by atoms with Gasteiger partial charge >= 0.3 is 5.97 Å². The van der Waals surface area contributed by atoms with Crippen molar-refractivity contribution in [3.8, 4) is 0 Å². The lowest BCUT2D eigenvalue weighted by molar-refractivity contribution is -0.136. The van der Waals surface area contributed by atoms with Gasteiger partial charge in [-0.25, -0.2) is 0 Å². The first kappa shape index (κ1) is 13.9. The molecule has 5 nitrogen and oxygen atoms in total. The topological polar surface area (TPSA) is 83.6 Å². The van der Waals surface area contributed by atoms with Gasteiger partial charge in [0.1, 0.15) is 0 Å². The van der Waals surface area contributed by atoms with Crippen molar-refractivity contribution in [2.75, 3.05) is 11.4 Å². The zero-order valence-corrected chi connectivity index (χ0v) is 11.9. The van der Waals surface area contributed by atoms with Crippen molar-refractivity contribution in [1.29, 1.82) is 0 Å². The van der Waals surface area contributed by atoms with Crippen LogP contribution in [0.15, 0.2) is 22.7 Å². The molecule has 1 amide bonds. The van der Waals surface area contributed by atoms with E-state index < -0.39 is 11.9 Å². The zero-order valence-electron chi connectivity index (χ0n) is 10.3. The molecule has 0 spiro atoms. The van der Waals surface area contributed by atoms with E-state index >= 15 is 0 Å². The Morgan fingerprint density at radius 3 is 2.63 bits per heavy atom. The number of carboxylic acids is 1. The molecule has 6 heteroatoms. The van der Waals surface area contributed by atoms with Crippen LogP contribution in [-0.2, 0) is 4.79 Å². The third-order valence-electron chi connectivity index (χ3n) is 3.10. The van der Waals surface area contributed by atoms with Crippen molar-refractivity contribution in [3.05, 3.63) is 28.2 Å². The number of carboxylic acid groups (broad SMARTS) is 1. The van der Waals surface area contributed by atoms with Crippen molar-refractivity contribution in [2.24, 2.45) is 5.73 Å². The van der Waals surface area contributed by atoms with Gasteiger partial charge < -0.3 is 15.7 Å². The van der Waals surface area contributed by atoms with E-state index in [2.05, 4.69) is 15.9 Å². The van der Waals surface area contributed by atoms with E-state index in [-0.39, 0.29) is 6.42 Å². The first-order valence-corrected chi connectivity index (χ1v) is 6.86. The quantitative estimate of drug-likeness (QED) is 0.837. The number of benzene rings is 1. The first-order valence-electron chi connectivity index (χ1n) is 6.07. The summed E-state index contributed by atoms with van der Waals surface area (Å²) in [6, 6.07) is 5.70. The summed E-state index contributed by atoms with van der Waals surface area (Å²) in [6.07, 6.45) is 2.08. The molecule has 0 heterocycles. The lowest BCUT2D eigenvalue weighted by atomic mass is 10.1. The summed E-state index contributed by atoms with van der Waals surface area (Å²) in [6.45, 7) is 0.386. The van der Waals surface area contributed by atoms with Gasteiger partial charge in [-0.3, -0.25) is 9.59 Å². The van der Waals surface area contributed by atoms with Gasteiger partial charge in [0, 0.05) is 17.1 Å². The zero-order chi connectivity index (χ0) is 14.0. The predicted octanol–water partition coefficient (Wildman–Crippen LogP) is 1.99. The fourth-order valence-corrected chi connectivity index (χ4v) is 2.65. The Morgan fingerprint density at radius 2 is 2.11 bits per heavy atom. The number of primary amides is 1. The lowest BCUT2D eigenvalue weighted by Gasteiger charge is -2.26. The van der Waals surface area contributed by atoms with Crippen LogP contribution in [-0.4, -0.2) is 29.6 Å². The number of amides is 1. The van der Waals surface area contributed by atoms with Crippen LogP contribution in [0, 0.1) is 0 Å². The summed E-state index contributed by atoms with van der Waals surface area (Å²) >= 11 is 3.32. The number of halogens is 1. The number of carbonyl (C=O) groups is 2. The fourth-order valence-electron chi connectivity index (χ4n) is 2.10. The maximum absolute atomic E-state index is 11.6. The number of hydrogen-bond donors (Lipinski definition) is 2. The minimum atomic E-state index is -0.846. The Hall–Kier alpha value is -1.56. The molecule has 0 aliphatic heterocycles. The van der Waals surface area contributed by atoms with Crippen LogP contribution in [0.25, 0.3) is 0 Å². The molecule has 1 aromatic rings. The monoisotopic (exact) mass is 326 g/mol. The van der Waals surface area contributed by atoms with E-state index in [9.17, 15) is 9.59 Å². The second-order valence-electron chi connectivity index (χ2n) is 4.57. The molecule has 0 unspecified atom stereocenters. The molecular formula is C13H15BrN2O3. The Morgan fingerprint density at radius 1 is 1.42 bits per heavy atom. The first-order chi connectivity index (χ1) is 9.00.